The summed E-state index contributed by atoms with van der Waals surface area (Å²) in [7, 11) is 2.12. The fourth-order valence-corrected chi connectivity index (χ4v) is 2.74. The number of hydrogen-bond donors (Lipinski definition) is 2. The zero-order valence-electron chi connectivity index (χ0n) is 10.2. The van der Waals surface area contributed by atoms with E-state index in [0.29, 0.717) is 11.7 Å². The maximum atomic E-state index is 6.36. The van der Waals surface area contributed by atoms with Crippen LogP contribution in [0.15, 0.2) is 24.3 Å². The van der Waals surface area contributed by atoms with Crippen LogP contribution in [0.3, 0.4) is 0 Å². The predicted octanol–water partition coefficient (Wildman–Crippen LogP) is 2.34. The second-order valence-electron chi connectivity index (χ2n) is 4.86. The molecule has 0 bridgehead atoms. The first-order valence-electron chi connectivity index (χ1n) is 5.93. The first kappa shape index (κ1) is 11.6. The van der Waals surface area contributed by atoms with Crippen LogP contribution in [0.1, 0.15) is 11.5 Å². The van der Waals surface area contributed by atoms with Gasteiger partial charge in [-0.05, 0) is 18.7 Å². The molecule has 1 aromatic heterocycles. The highest BCUT2D eigenvalue weighted by Crippen LogP contribution is 2.33. The van der Waals surface area contributed by atoms with E-state index in [0.717, 1.165) is 29.4 Å². The van der Waals surface area contributed by atoms with E-state index in [-0.39, 0.29) is 0 Å². The molecule has 4 nitrogen and oxygen atoms in total. The first-order chi connectivity index (χ1) is 8.63. The molecule has 0 aliphatic carbocycles. The topological polar surface area (TPSA) is 57.9 Å². The van der Waals surface area contributed by atoms with Crippen LogP contribution in [0.25, 0.3) is 11.3 Å². The molecule has 0 unspecified atom stereocenters. The number of aromatic amines is 1. The molecule has 2 heterocycles. The summed E-state index contributed by atoms with van der Waals surface area (Å²) < 4.78 is 0. The summed E-state index contributed by atoms with van der Waals surface area (Å²) in [6, 6.07) is 7.95. The summed E-state index contributed by atoms with van der Waals surface area (Å²) >= 11 is 6.36. The summed E-state index contributed by atoms with van der Waals surface area (Å²) in [6.45, 7) is 2.16. The highest BCUT2D eigenvalue weighted by molar-refractivity contribution is 6.31. The summed E-state index contributed by atoms with van der Waals surface area (Å²) in [5.41, 5.74) is 8.73. The minimum absolute atomic E-state index is 0.491. The fourth-order valence-electron chi connectivity index (χ4n) is 2.41. The summed E-state index contributed by atoms with van der Waals surface area (Å²) in [4.78, 5) is 2.28. The Balaban J connectivity index is 1.89. The smallest absolute Gasteiger partial charge is 0.145 e. The molecular weight excluding hydrogens is 248 g/mol. The fraction of sp³-hybridized carbons (Fsp3) is 0.308. The Morgan fingerprint density at radius 1 is 1.39 bits per heavy atom. The van der Waals surface area contributed by atoms with Crippen molar-refractivity contribution in [2.24, 2.45) is 0 Å². The van der Waals surface area contributed by atoms with Gasteiger partial charge in [-0.25, -0.2) is 0 Å². The van der Waals surface area contributed by atoms with E-state index >= 15 is 0 Å². The molecular formula is C13H15ClN4. The Hall–Kier alpha value is -1.52. The zero-order chi connectivity index (χ0) is 12.7. The van der Waals surface area contributed by atoms with Crippen molar-refractivity contribution in [3.05, 3.63) is 34.9 Å². The molecule has 0 spiro atoms. The Kier molecular flexibility index (Phi) is 2.76. The Morgan fingerprint density at radius 2 is 2.17 bits per heavy atom. The average molecular weight is 263 g/mol. The predicted molar refractivity (Wildman–Crippen MR) is 73.7 cm³/mol. The number of nitrogens with zero attached hydrogens (tertiary/aromatic N) is 2. The van der Waals surface area contributed by atoms with E-state index in [1.54, 1.807) is 0 Å². The molecule has 1 aliphatic rings. The van der Waals surface area contributed by atoms with Gasteiger partial charge in [-0.2, -0.15) is 5.10 Å². The number of nitrogen functional groups attached to an aromatic ring is 1. The molecule has 0 atom stereocenters. The number of likely N-dealkylation sites (N-methyl/N-ethyl adjacent to an activating group) is 1. The summed E-state index contributed by atoms with van der Waals surface area (Å²) in [5.74, 6) is 1.05. The molecule has 3 N–H and O–H groups in total. The van der Waals surface area contributed by atoms with Gasteiger partial charge in [0.25, 0.3) is 0 Å². The zero-order valence-corrected chi connectivity index (χ0v) is 10.9. The average Bonchev–Trinajstić information content (AvgIpc) is 2.72. The standard InChI is InChI=1S/C13H15ClN4/c1-18-6-9(7-18)10-3-2-8(4-11(10)14)12-5-13(15)17-16-12/h2-5,9H,6-7H2,1H3,(H3,15,16,17). The quantitative estimate of drug-likeness (QED) is 0.873. The number of H-pyrrole nitrogens is 1. The summed E-state index contributed by atoms with van der Waals surface area (Å²) in [5, 5.41) is 7.63. The molecule has 18 heavy (non-hydrogen) atoms. The third-order valence-electron chi connectivity index (χ3n) is 3.41. The van der Waals surface area contributed by atoms with Gasteiger partial charge in [0.05, 0.1) is 5.69 Å². The van der Waals surface area contributed by atoms with Crippen molar-refractivity contribution in [3.8, 4) is 11.3 Å². The molecule has 1 fully saturated rings. The van der Waals surface area contributed by atoms with Gasteiger partial charge in [0.1, 0.15) is 5.82 Å². The molecule has 2 aromatic rings. The van der Waals surface area contributed by atoms with E-state index < -0.39 is 0 Å². The molecule has 0 amide bonds. The molecule has 1 saturated heterocycles. The maximum Gasteiger partial charge on any atom is 0.145 e. The van der Waals surface area contributed by atoms with Gasteiger partial charge in [-0.3, -0.25) is 5.10 Å². The van der Waals surface area contributed by atoms with Crippen molar-refractivity contribution in [1.82, 2.24) is 15.1 Å². The largest absolute Gasteiger partial charge is 0.382 e. The van der Waals surface area contributed by atoms with Crippen LogP contribution in [0.5, 0.6) is 0 Å². The lowest BCUT2D eigenvalue weighted by molar-refractivity contribution is 0.190. The van der Waals surface area contributed by atoms with Gasteiger partial charge in [0.15, 0.2) is 0 Å². The van der Waals surface area contributed by atoms with Crippen LogP contribution in [-0.4, -0.2) is 35.2 Å². The minimum atomic E-state index is 0.491. The van der Waals surface area contributed by atoms with Crippen LogP contribution in [0, 0.1) is 0 Å². The molecule has 1 aromatic carbocycles. The third kappa shape index (κ3) is 1.98. The van der Waals surface area contributed by atoms with Gasteiger partial charge in [0.2, 0.25) is 0 Å². The van der Waals surface area contributed by atoms with Crippen LogP contribution < -0.4 is 5.73 Å². The van der Waals surface area contributed by atoms with E-state index in [9.17, 15) is 0 Å². The van der Waals surface area contributed by atoms with Crippen molar-refractivity contribution < 1.29 is 0 Å². The van der Waals surface area contributed by atoms with Gasteiger partial charge in [-0.1, -0.05) is 23.7 Å². The SMILES string of the molecule is CN1CC(c2ccc(-c3cc(N)n[nH]3)cc2Cl)C1. The number of aromatic nitrogens is 2. The lowest BCUT2D eigenvalue weighted by atomic mass is 9.91. The number of anilines is 1. The number of likely N-dealkylation sites (tertiary alicyclic amines) is 1. The molecule has 0 radical (unpaired) electrons. The van der Waals surface area contributed by atoms with Crippen LogP contribution in [0.2, 0.25) is 5.02 Å². The van der Waals surface area contributed by atoms with E-state index in [4.69, 9.17) is 17.3 Å². The highest BCUT2D eigenvalue weighted by Gasteiger charge is 2.26. The van der Waals surface area contributed by atoms with Crippen molar-refractivity contribution >= 4 is 17.4 Å². The molecule has 5 heteroatoms. The van der Waals surface area contributed by atoms with Gasteiger partial charge in [0, 0.05) is 35.7 Å². The van der Waals surface area contributed by atoms with Gasteiger partial charge in [-0.15, -0.1) is 0 Å². The Bertz CT molecular complexity index is 572. The monoisotopic (exact) mass is 262 g/mol. The Morgan fingerprint density at radius 3 is 2.72 bits per heavy atom. The van der Waals surface area contributed by atoms with Gasteiger partial charge < -0.3 is 10.6 Å². The second-order valence-corrected chi connectivity index (χ2v) is 5.27. The van der Waals surface area contributed by atoms with Crippen LogP contribution in [0.4, 0.5) is 5.82 Å². The number of nitrogens with one attached hydrogen (secondary N) is 1. The first-order valence-corrected chi connectivity index (χ1v) is 6.30. The van der Waals surface area contributed by atoms with Crippen LogP contribution in [-0.2, 0) is 0 Å². The van der Waals surface area contributed by atoms with Crippen molar-refractivity contribution in [2.45, 2.75) is 5.92 Å². The van der Waals surface area contributed by atoms with Gasteiger partial charge >= 0.3 is 0 Å². The lowest BCUT2D eigenvalue weighted by Crippen LogP contribution is -2.41. The highest BCUT2D eigenvalue weighted by atomic mass is 35.5. The number of hydrogen-bond acceptors (Lipinski definition) is 3. The normalized spacial score (nSPS) is 16.8. The van der Waals surface area contributed by atoms with E-state index in [2.05, 4.69) is 34.3 Å². The summed E-state index contributed by atoms with van der Waals surface area (Å²) in [6.07, 6.45) is 0. The van der Waals surface area contributed by atoms with Crippen molar-refractivity contribution in [1.29, 1.82) is 0 Å². The van der Waals surface area contributed by atoms with Crippen molar-refractivity contribution in [2.75, 3.05) is 25.9 Å². The molecule has 94 valence electrons. The number of rotatable bonds is 2. The second kappa shape index (κ2) is 4.30. The molecule has 3 rings (SSSR count). The minimum Gasteiger partial charge on any atom is -0.382 e. The third-order valence-corrected chi connectivity index (χ3v) is 3.74. The molecule has 1 aliphatic heterocycles. The number of nitrogens with two attached hydrogens (primary N) is 1. The maximum absolute atomic E-state index is 6.36. The van der Waals surface area contributed by atoms with E-state index in [1.165, 1.54) is 5.56 Å². The number of halogens is 1. The van der Waals surface area contributed by atoms with Crippen molar-refractivity contribution in [3.63, 3.8) is 0 Å². The van der Waals surface area contributed by atoms with Crippen LogP contribution >= 0.6 is 11.6 Å². The lowest BCUT2D eigenvalue weighted by Gasteiger charge is -2.37. The molecule has 0 saturated carbocycles. The van der Waals surface area contributed by atoms with E-state index in [1.807, 2.05) is 12.1 Å². The number of benzene rings is 1. The Labute approximate surface area is 111 Å².